The number of rotatable bonds is 1. The van der Waals surface area contributed by atoms with Gasteiger partial charge >= 0.3 is 103 Å². The average molecular weight is 487 g/mol. The molecular weight excluding hydrogens is 477 g/mol. The third kappa shape index (κ3) is 1.08. The van der Waals surface area contributed by atoms with Crippen molar-refractivity contribution < 1.29 is 17.2 Å². The van der Waals surface area contributed by atoms with E-state index in [1.54, 1.807) is 12.8 Å². The summed E-state index contributed by atoms with van der Waals surface area (Å²) < 4.78 is 2.30. The van der Waals surface area contributed by atoms with Crippen molar-refractivity contribution in [3.8, 4) is 0 Å². The fourth-order valence-electron chi connectivity index (χ4n) is 3.06. The van der Waals surface area contributed by atoms with Gasteiger partial charge in [0.2, 0.25) is 0 Å². The van der Waals surface area contributed by atoms with Crippen molar-refractivity contribution in [3.05, 3.63) is 0 Å². The van der Waals surface area contributed by atoms with E-state index in [1.165, 1.54) is 27.6 Å². The summed E-state index contributed by atoms with van der Waals surface area (Å²) in [5, 5.41) is 0. The van der Waals surface area contributed by atoms with E-state index in [-0.39, 0.29) is 0 Å². The summed E-state index contributed by atoms with van der Waals surface area (Å²) in [6, 6.07) is 0. The molecule has 0 aromatic carbocycles. The van der Waals surface area contributed by atoms with Crippen LogP contribution in [0.5, 0.6) is 0 Å². The third-order valence-electron chi connectivity index (χ3n) is 3.72. The van der Waals surface area contributed by atoms with E-state index in [0.717, 1.165) is 3.92 Å². The first-order chi connectivity index (χ1) is 5.33. The summed E-state index contributed by atoms with van der Waals surface area (Å²) in [7, 11) is 0. The molecule has 0 radical (unpaired) electrons. The second kappa shape index (κ2) is 2.84. The van der Waals surface area contributed by atoms with Gasteiger partial charge in [-0.25, -0.2) is 0 Å². The minimum atomic E-state index is 0.519. The van der Waals surface area contributed by atoms with Gasteiger partial charge in [-0.15, -0.1) is 0 Å². The summed E-state index contributed by atoms with van der Waals surface area (Å²) in [6.07, 6.45) is 3.22. The maximum absolute atomic E-state index is 2.73. The second-order valence-electron chi connectivity index (χ2n) is 4.11. The zero-order valence-electron chi connectivity index (χ0n) is 6.01. The van der Waals surface area contributed by atoms with Crippen LogP contribution in [0.4, 0.5) is 0 Å². The quantitative estimate of drug-likeness (QED) is 0.358. The van der Waals surface area contributed by atoms with E-state index in [4.69, 9.17) is 0 Å². The Kier molecular flexibility index (Phi) is 2.19. The normalized spacial score (nSPS) is 65.3. The van der Waals surface area contributed by atoms with Crippen LogP contribution < -0.4 is 17.2 Å². The molecule has 0 N–H and O–H groups in total. The van der Waals surface area contributed by atoms with E-state index in [2.05, 4.69) is 41.2 Å². The molecule has 0 bridgehead atoms. The SMILES string of the molecule is I[I-]C1C(I)C2CC3CC3C21. The van der Waals surface area contributed by atoms with Crippen LogP contribution in [0.1, 0.15) is 12.8 Å². The van der Waals surface area contributed by atoms with Gasteiger partial charge in [-0.2, -0.15) is 0 Å². The predicted octanol–water partition coefficient (Wildman–Crippen LogP) is -0.117. The molecule has 0 aromatic rings. The van der Waals surface area contributed by atoms with Crippen LogP contribution in [0.2, 0.25) is 0 Å². The maximum atomic E-state index is 2.73. The Morgan fingerprint density at radius 2 is 1.91 bits per heavy atom. The Bertz CT molecular complexity index is 194. The predicted molar refractivity (Wildman–Crippen MR) is 58.8 cm³/mol. The van der Waals surface area contributed by atoms with E-state index in [0.29, 0.717) is 17.2 Å². The molecular formula is C8H10I3-. The van der Waals surface area contributed by atoms with Crippen LogP contribution >= 0.6 is 41.2 Å². The Hall–Kier alpha value is 2.19. The zero-order chi connectivity index (χ0) is 7.59. The van der Waals surface area contributed by atoms with Gasteiger partial charge in [0.1, 0.15) is 0 Å². The van der Waals surface area contributed by atoms with Gasteiger partial charge in [0.05, 0.1) is 0 Å². The second-order valence-corrected chi connectivity index (χ2v) is 10.6. The molecule has 0 saturated heterocycles. The fourth-order valence-corrected chi connectivity index (χ4v) is 15.0. The Balaban J connectivity index is 1.80. The summed E-state index contributed by atoms with van der Waals surface area (Å²) in [5.41, 5.74) is 0. The first-order valence-electron chi connectivity index (χ1n) is 4.21. The number of hydrogen-bond acceptors (Lipinski definition) is 0. The number of alkyl halides is 2. The summed E-state index contributed by atoms with van der Waals surface area (Å²) >= 11 is 5.94. The molecule has 3 rings (SSSR count). The zero-order valence-corrected chi connectivity index (χ0v) is 12.5. The van der Waals surface area contributed by atoms with Crippen molar-refractivity contribution >= 4 is 41.2 Å². The molecule has 3 heteroatoms. The van der Waals surface area contributed by atoms with Crippen molar-refractivity contribution in [3.63, 3.8) is 0 Å². The molecule has 64 valence electrons. The molecule has 3 aliphatic rings. The summed E-state index contributed by atoms with van der Waals surface area (Å²) in [5.74, 6) is 4.84. The first-order valence-corrected chi connectivity index (χ1v) is 13.0. The van der Waals surface area contributed by atoms with E-state index in [9.17, 15) is 0 Å². The average Bonchev–Trinajstić information content (AvgIpc) is 2.69. The molecule has 3 saturated carbocycles. The van der Waals surface area contributed by atoms with Crippen LogP contribution in [-0.4, -0.2) is 7.85 Å². The van der Waals surface area contributed by atoms with Gasteiger partial charge < -0.3 is 0 Å². The van der Waals surface area contributed by atoms with Gasteiger partial charge in [-0.05, 0) is 0 Å². The molecule has 6 unspecified atom stereocenters. The molecule has 0 heterocycles. The van der Waals surface area contributed by atoms with Crippen LogP contribution in [0, 0.1) is 23.7 Å². The molecule has 0 aromatic heterocycles. The van der Waals surface area contributed by atoms with E-state index >= 15 is 0 Å². The molecule has 0 spiro atoms. The molecule has 6 atom stereocenters. The number of halogens is 3. The molecule has 0 nitrogen and oxygen atoms in total. The van der Waals surface area contributed by atoms with Gasteiger partial charge in [0.25, 0.3) is 0 Å². The molecule has 0 aliphatic heterocycles. The van der Waals surface area contributed by atoms with Crippen molar-refractivity contribution in [2.45, 2.75) is 20.7 Å². The van der Waals surface area contributed by atoms with Crippen LogP contribution in [0.3, 0.4) is 0 Å². The number of hydrogen-bond donors (Lipinski definition) is 0. The van der Waals surface area contributed by atoms with Gasteiger partial charge in [0, 0.05) is 0 Å². The summed E-state index contributed by atoms with van der Waals surface area (Å²) in [4.78, 5) is 0. The number of fused-ring (bicyclic) bond motifs is 3. The van der Waals surface area contributed by atoms with Crippen molar-refractivity contribution in [1.82, 2.24) is 0 Å². The van der Waals surface area contributed by atoms with Gasteiger partial charge in [-0.3, -0.25) is 0 Å². The molecule has 11 heavy (non-hydrogen) atoms. The topological polar surface area (TPSA) is 0 Å². The van der Waals surface area contributed by atoms with Gasteiger partial charge in [0.15, 0.2) is 0 Å². The van der Waals surface area contributed by atoms with Crippen molar-refractivity contribution in [2.75, 3.05) is 0 Å². The van der Waals surface area contributed by atoms with Crippen LogP contribution in [-0.2, 0) is 0 Å². The van der Waals surface area contributed by atoms with E-state index < -0.39 is 0 Å². The Labute approximate surface area is 101 Å². The molecule has 3 aliphatic carbocycles. The Morgan fingerprint density at radius 3 is 2.64 bits per heavy atom. The van der Waals surface area contributed by atoms with Crippen LogP contribution in [0.25, 0.3) is 0 Å². The monoisotopic (exact) mass is 487 g/mol. The third-order valence-corrected chi connectivity index (χ3v) is 12.6. The van der Waals surface area contributed by atoms with E-state index in [1.807, 2.05) is 0 Å². The minimum absolute atomic E-state index is 0.519. The molecule has 0 amide bonds. The Morgan fingerprint density at radius 1 is 1.18 bits per heavy atom. The standard InChI is InChI=1S/C8H10I3/c9-7-5-2-3-1-4(3)6(5)8(7)11-10/h3-8H,1-2H2/q-1. The van der Waals surface area contributed by atoms with Gasteiger partial charge in [-0.1, -0.05) is 0 Å². The first kappa shape index (κ1) is 8.49. The summed E-state index contributed by atoms with van der Waals surface area (Å²) in [6.45, 7) is 0. The molecule has 3 fully saturated rings. The fraction of sp³-hybridized carbons (Fsp3) is 1.00. The van der Waals surface area contributed by atoms with Crippen molar-refractivity contribution in [2.24, 2.45) is 23.7 Å². The van der Waals surface area contributed by atoms with Crippen LogP contribution in [0.15, 0.2) is 0 Å². The van der Waals surface area contributed by atoms with Crippen molar-refractivity contribution in [1.29, 1.82) is 0 Å².